The van der Waals surface area contributed by atoms with Crippen LogP contribution in [0.1, 0.15) is 18.2 Å². The van der Waals surface area contributed by atoms with Crippen molar-refractivity contribution in [1.29, 1.82) is 0 Å². The fraction of sp³-hybridized carbons (Fsp3) is 0.385. The van der Waals surface area contributed by atoms with Gasteiger partial charge in [-0.2, -0.15) is 9.78 Å². The summed E-state index contributed by atoms with van der Waals surface area (Å²) >= 11 is 0. The van der Waals surface area contributed by atoms with Gasteiger partial charge in [-0.25, -0.2) is 4.98 Å². The minimum absolute atomic E-state index is 0.724. The highest BCUT2D eigenvalue weighted by Crippen LogP contribution is 2.25. The first-order valence-corrected chi connectivity index (χ1v) is 6.29. The van der Waals surface area contributed by atoms with Gasteiger partial charge in [0.2, 0.25) is 0 Å². The molecule has 3 rings (SSSR count). The van der Waals surface area contributed by atoms with Gasteiger partial charge in [-0.05, 0) is 18.7 Å². The Kier molecular flexibility index (Phi) is 2.76. The molecule has 0 amide bonds. The Bertz CT molecular complexity index is 546. The van der Waals surface area contributed by atoms with E-state index in [0.29, 0.717) is 0 Å². The first-order chi connectivity index (χ1) is 8.79. The van der Waals surface area contributed by atoms with Crippen LogP contribution in [0.15, 0.2) is 24.4 Å². The van der Waals surface area contributed by atoms with Gasteiger partial charge in [0.25, 0.3) is 0 Å². The van der Waals surface area contributed by atoms with Gasteiger partial charge in [-0.15, -0.1) is 0 Å². The zero-order valence-corrected chi connectivity index (χ0v) is 10.5. The molecule has 2 aromatic rings. The summed E-state index contributed by atoms with van der Waals surface area (Å²) < 4.78 is 1.75. The largest absolute Gasteiger partial charge is 0.383 e. The van der Waals surface area contributed by atoms with Crippen LogP contribution in [-0.4, -0.2) is 32.8 Å². The van der Waals surface area contributed by atoms with Crippen molar-refractivity contribution >= 4 is 5.82 Å². The third-order valence-electron chi connectivity index (χ3n) is 3.47. The first kappa shape index (κ1) is 11.2. The number of pyridine rings is 1. The molecular weight excluding hydrogens is 226 g/mol. The third kappa shape index (κ3) is 1.76. The molecule has 94 valence electrons. The smallest absolute Gasteiger partial charge is 0.155 e. The number of aromatic nitrogens is 3. The molecule has 0 unspecified atom stereocenters. The van der Waals surface area contributed by atoms with Crippen molar-refractivity contribution in [2.24, 2.45) is 0 Å². The Labute approximate surface area is 106 Å². The molecule has 2 N–H and O–H groups in total. The number of fused-ring (bicyclic) bond motifs is 1. The summed E-state index contributed by atoms with van der Waals surface area (Å²) in [5.74, 6) is 1.51. The molecule has 0 radical (unpaired) electrons. The van der Waals surface area contributed by atoms with E-state index in [0.717, 1.165) is 48.9 Å². The number of hydrogen-bond acceptors (Lipinski definition) is 4. The number of nitrogens with zero attached hydrogens (tertiary/aromatic N) is 4. The van der Waals surface area contributed by atoms with Crippen LogP contribution >= 0.6 is 0 Å². The lowest BCUT2D eigenvalue weighted by atomic mass is 10.1. The second-order valence-electron chi connectivity index (χ2n) is 4.53. The highest BCUT2D eigenvalue weighted by atomic mass is 15.4. The van der Waals surface area contributed by atoms with Gasteiger partial charge in [-0.3, -0.25) is 4.90 Å². The van der Waals surface area contributed by atoms with Crippen LogP contribution < -0.4 is 5.73 Å². The fourth-order valence-electron chi connectivity index (χ4n) is 2.37. The Morgan fingerprint density at radius 3 is 3.00 bits per heavy atom. The Hall–Kier alpha value is -1.88. The maximum absolute atomic E-state index is 6.21. The van der Waals surface area contributed by atoms with Crippen molar-refractivity contribution < 1.29 is 0 Å². The average molecular weight is 243 g/mol. The van der Waals surface area contributed by atoms with Crippen molar-refractivity contribution in [3.8, 4) is 5.82 Å². The zero-order valence-electron chi connectivity index (χ0n) is 10.5. The van der Waals surface area contributed by atoms with Crippen molar-refractivity contribution in [1.82, 2.24) is 19.7 Å². The van der Waals surface area contributed by atoms with Crippen LogP contribution in [0.3, 0.4) is 0 Å². The minimum Gasteiger partial charge on any atom is -0.383 e. The molecule has 5 nitrogen and oxygen atoms in total. The second kappa shape index (κ2) is 4.42. The second-order valence-corrected chi connectivity index (χ2v) is 4.53. The molecule has 5 heteroatoms. The Morgan fingerprint density at radius 1 is 1.39 bits per heavy atom. The summed E-state index contributed by atoms with van der Waals surface area (Å²) in [6, 6.07) is 5.76. The predicted molar refractivity (Wildman–Crippen MR) is 70.4 cm³/mol. The molecular formula is C13H17N5. The van der Waals surface area contributed by atoms with Gasteiger partial charge in [0, 0.05) is 31.3 Å². The first-order valence-electron chi connectivity index (χ1n) is 6.29. The monoisotopic (exact) mass is 243 g/mol. The summed E-state index contributed by atoms with van der Waals surface area (Å²) in [5, 5.41) is 4.59. The standard InChI is InChI=1S/C13H17N5/c1-2-17-8-6-11-10(9-17)13(14)18(16-11)12-5-3-4-7-15-12/h3-5,7H,2,6,8-9,14H2,1H3. The maximum atomic E-state index is 6.21. The number of likely N-dealkylation sites (N-methyl/N-ethyl adjacent to an activating group) is 1. The fourth-order valence-corrected chi connectivity index (χ4v) is 2.37. The maximum Gasteiger partial charge on any atom is 0.155 e. The van der Waals surface area contributed by atoms with Crippen molar-refractivity contribution in [2.75, 3.05) is 18.8 Å². The van der Waals surface area contributed by atoms with Gasteiger partial charge in [0.05, 0.1) is 5.69 Å². The molecule has 18 heavy (non-hydrogen) atoms. The highest BCUT2D eigenvalue weighted by Gasteiger charge is 2.23. The van der Waals surface area contributed by atoms with E-state index in [1.807, 2.05) is 18.2 Å². The third-order valence-corrected chi connectivity index (χ3v) is 3.47. The van der Waals surface area contributed by atoms with E-state index in [1.54, 1.807) is 10.9 Å². The summed E-state index contributed by atoms with van der Waals surface area (Å²) in [4.78, 5) is 6.68. The van der Waals surface area contributed by atoms with Crippen LogP contribution in [0.2, 0.25) is 0 Å². The van der Waals surface area contributed by atoms with Crippen LogP contribution in [0.25, 0.3) is 5.82 Å². The van der Waals surface area contributed by atoms with E-state index in [2.05, 4.69) is 21.9 Å². The van der Waals surface area contributed by atoms with Gasteiger partial charge >= 0.3 is 0 Å². The molecule has 1 aliphatic rings. The summed E-state index contributed by atoms with van der Waals surface area (Å²) in [6.07, 6.45) is 2.72. The lowest BCUT2D eigenvalue weighted by molar-refractivity contribution is 0.267. The summed E-state index contributed by atoms with van der Waals surface area (Å²) in [6.45, 7) is 5.17. The van der Waals surface area contributed by atoms with Crippen LogP contribution in [0.5, 0.6) is 0 Å². The predicted octanol–water partition coefficient (Wildman–Crippen LogP) is 1.23. The Balaban J connectivity index is 2.02. The van der Waals surface area contributed by atoms with E-state index < -0.39 is 0 Å². The van der Waals surface area contributed by atoms with Gasteiger partial charge in [0.1, 0.15) is 5.82 Å². The normalized spacial score (nSPS) is 15.6. The van der Waals surface area contributed by atoms with Gasteiger partial charge < -0.3 is 5.73 Å². The number of anilines is 1. The topological polar surface area (TPSA) is 60.0 Å². The summed E-state index contributed by atoms with van der Waals surface area (Å²) in [5.41, 5.74) is 8.48. The van der Waals surface area contributed by atoms with Gasteiger partial charge in [-0.1, -0.05) is 13.0 Å². The molecule has 0 aliphatic carbocycles. The minimum atomic E-state index is 0.724. The number of hydrogen-bond donors (Lipinski definition) is 1. The molecule has 2 aromatic heterocycles. The van der Waals surface area contributed by atoms with Crippen molar-refractivity contribution in [3.05, 3.63) is 35.7 Å². The molecule has 0 atom stereocenters. The molecule has 0 aromatic carbocycles. The molecule has 1 aliphatic heterocycles. The lowest BCUT2D eigenvalue weighted by Gasteiger charge is -2.24. The zero-order chi connectivity index (χ0) is 12.5. The van der Waals surface area contributed by atoms with Crippen LogP contribution in [0, 0.1) is 0 Å². The van der Waals surface area contributed by atoms with Crippen LogP contribution in [0.4, 0.5) is 5.82 Å². The van der Waals surface area contributed by atoms with E-state index in [-0.39, 0.29) is 0 Å². The van der Waals surface area contributed by atoms with Gasteiger partial charge in [0.15, 0.2) is 5.82 Å². The van der Waals surface area contributed by atoms with E-state index in [9.17, 15) is 0 Å². The van der Waals surface area contributed by atoms with E-state index in [4.69, 9.17) is 5.73 Å². The molecule has 0 bridgehead atoms. The SMILES string of the molecule is CCN1CCc2nn(-c3ccccn3)c(N)c2C1. The highest BCUT2D eigenvalue weighted by molar-refractivity contribution is 5.49. The molecule has 0 fully saturated rings. The van der Waals surface area contributed by atoms with Crippen LogP contribution in [-0.2, 0) is 13.0 Å². The molecule has 3 heterocycles. The molecule has 0 saturated carbocycles. The number of rotatable bonds is 2. The Morgan fingerprint density at radius 2 is 2.28 bits per heavy atom. The van der Waals surface area contributed by atoms with Crippen molar-refractivity contribution in [2.45, 2.75) is 19.9 Å². The lowest BCUT2D eigenvalue weighted by Crippen LogP contribution is -2.30. The molecule has 0 saturated heterocycles. The average Bonchev–Trinajstić information content (AvgIpc) is 2.77. The summed E-state index contributed by atoms with van der Waals surface area (Å²) in [7, 11) is 0. The number of nitrogen functional groups attached to an aromatic ring is 1. The van der Waals surface area contributed by atoms with E-state index in [1.165, 1.54) is 0 Å². The number of nitrogens with two attached hydrogens (primary N) is 1. The van der Waals surface area contributed by atoms with Crippen molar-refractivity contribution in [3.63, 3.8) is 0 Å². The quantitative estimate of drug-likeness (QED) is 0.861. The molecule has 0 spiro atoms. The van der Waals surface area contributed by atoms with E-state index >= 15 is 0 Å².